The lowest BCUT2D eigenvalue weighted by molar-refractivity contribution is -0.113. The molecule has 0 bridgehead atoms. The van der Waals surface area contributed by atoms with E-state index in [2.05, 4.69) is 20.3 Å². The van der Waals surface area contributed by atoms with Gasteiger partial charge in [0.15, 0.2) is 5.13 Å². The minimum atomic E-state index is -0.313. The van der Waals surface area contributed by atoms with Crippen LogP contribution in [0, 0.1) is 5.82 Å². The van der Waals surface area contributed by atoms with E-state index in [9.17, 15) is 9.18 Å². The first kappa shape index (κ1) is 19.6. The van der Waals surface area contributed by atoms with Crippen LogP contribution in [0.1, 0.15) is 0 Å². The van der Waals surface area contributed by atoms with Crippen molar-refractivity contribution in [3.63, 3.8) is 0 Å². The van der Waals surface area contributed by atoms with E-state index < -0.39 is 0 Å². The molecular formula is C20H14ClFN4OS2. The molecule has 0 saturated carbocycles. The Hall–Kier alpha value is -2.68. The molecule has 0 saturated heterocycles. The number of hydrogen-bond acceptors (Lipinski definition) is 5. The van der Waals surface area contributed by atoms with Crippen LogP contribution in [-0.2, 0) is 4.79 Å². The summed E-state index contributed by atoms with van der Waals surface area (Å²) in [6.07, 6.45) is 1.63. The Morgan fingerprint density at radius 3 is 2.55 bits per heavy atom. The summed E-state index contributed by atoms with van der Waals surface area (Å²) in [6.45, 7) is 0. The molecule has 9 heteroatoms. The zero-order valence-electron chi connectivity index (χ0n) is 14.9. The quantitative estimate of drug-likeness (QED) is 0.373. The predicted octanol–water partition coefficient (Wildman–Crippen LogP) is 5.72. The van der Waals surface area contributed by atoms with Gasteiger partial charge in [0, 0.05) is 27.7 Å². The number of aromatic amines is 1. The van der Waals surface area contributed by atoms with Crippen molar-refractivity contribution in [3.8, 4) is 22.6 Å². The fraction of sp³-hybridized carbons (Fsp3) is 0.0500. The molecule has 2 aromatic heterocycles. The molecule has 29 heavy (non-hydrogen) atoms. The monoisotopic (exact) mass is 444 g/mol. The van der Waals surface area contributed by atoms with E-state index in [1.165, 1.54) is 35.2 Å². The number of amides is 1. The number of thiazole rings is 1. The van der Waals surface area contributed by atoms with Gasteiger partial charge in [-0.1, -0.05) is 35.5 Å². The molecule has 0 aliphatic rings. The van der Waals surface area contributed by atoms with Crippen LogP contribution in [0.25, 0.3) is 22.6 Å². The number of halogens is 2. The summed E-state index contributed by atoms with van der Waals surface area (Å²) in [5.74, 6) is 0.288. The first-order chi connectivity index (χ1) is 14.1. The number of imidazole rings is 1. The third-order valence-electron chi connectivity index (χ3n) is 3.94. The van der Waals surface area contributed by atoms with E-state index in [4.69, 9.17) is 11.6 Å². The maximum absolute atomic E-state index is 13.3. The number of H-pyrrole nitrogens is 1. The number of anilines is 1. The molecule has 5 nitrogen and oxygen atoms in total. The number of thioether (sulfide) groups is 1. The fourth-order valence-electron chi connectivity index (χ4n) is 2.59. The maximum Gasteiger partial charge on any atom is 0.236 e. The number of carbonyl (C=O) groups is 1. The van der Waals surface area contributed by atoms with Crippen LogP contribution in [0.5, 0.6) is 0 Å². The lowest BCUT2D eigenvalue weighted by atomic mass is 10.2. The van der Waals surface area contributed by atoms with E-state index in [1.807, 2.05) is 12.1 Å². The van der Waals surface area contributed by atoms with Crippen LogP contribution in [0.3, 0.4) is 0 Å². The highest BCUT2D eigenvalue weighted by Gasteiger charge is 2.16. The minimum Gasteiger partial charge on any atom is -0.337 e. The van der Waals surface area contributed by atoms with Gasteiger partial charge in [0.1, 0.15) is 16.7 Å². The third kappa shape index (κ3) is 4.84. The molecule has 0 unspecified atom stereocenters. The molecule has 2 heterocycles. The largest absolute Gasteiger partial charge is 0.337 e. The molecule has 2 N–H and O–H groups in total. The Morgan fingerprint density at radius 1 is 1.14 bits per heavy atom. The Labute approximate surface area is 179 Å². The van der Waals surface area contributed by atoms with Gasteiger partial charge in [0.25, 0.3) is 0 Å². The fourth-order valence-corrected chi connectivity index (χ4v) is 4.07. The molecule has 4 aromatic rings. The van der Waals surface area contributed by atoms with Crippen LogP contribution in [0.4, 0.5) is 9.52 Å². The van der Waals surface area contributed by atoms with E-state index >= 15 is 0 Å². The summed E-state index contributed by atoms with van der Waals surface area (Å²) < 4.78 is 13.3. The zero-order valence-corrected chi connectivity index (χ0v) is 17.2. The van der Waals surface area contributed by atoms with Gasteiger partial charge in [-0.05, 0) is 36.4 Å². The van der Waals surface area contributed by atoms with Gasteiger partial charge in [0.2, 0.25) is 5.91 Å². The van der Waals surface area contributed by atoms with Gasteiger partial charge >= 0.3 is 0 Å². The lowest BCUT2D eigenvalue weighted by Crippen LogP contribution is -2.13. The van der Waals surface area contributed by atoms with Crippen molar-refractivity contribution < 1.29 is 9.18 Å². The summed E-state index contributed by atoms with van der Waals surface area (Å²) in [7, 11) is 0. The standard InChI is InChI=1S/C20H14ClFN4OS2/c21-14-5-1-12(2-6-14)17-19(29-11-16(27)24-20-23-9-10-28-20)26-18(25-17)13-3-7-15(22)8-4-13/h1-10H,11H2,(H,25,26)(H,23,24,27). The van der Waals surface area contributed by atoms with Crippen molar-refractivity contribution in [1.29, 1.82) is 0 Å². The number of aromatic nitrogens is 3. The van der Waals surface area contributed by atoms with E-state index in [1.54, 1.807) is 35.8 Å². The summed E-state index contributed by atoms with van der Waals surface area (Å²) in [5.41, 5.74) is 2.41. The average Bonchev–Trinajstić information content (AvgIpc) is 3.37. The first-order valence-electron chi connectivity index (χ1n) is 8.52. The highest BCUT2D eigenvalue weighted by molar-refractivity contribution is 8.00. The number of rotatable bonds is 6. The van der Waals surface area contributed by atoms with Gasteiger partial charge in [-0.2, -0.15) is 0 Å². The Bertz CT molecular complexity index is 1110. The average molecular weight is 445 g/mol. The number of nitrogens with zero attached hydrogens (tertiary/aromatic N) is 2. The molecule has 0 radical (unpaired) electrons. The first-order valence-corrected chi connectivity index (χ1v) is 10.8. The Morgan fingerprint density at radius 2 is 1.86 bits per heavy atom. The van der Waals surface area contributed by atoms with Crippen molar-refractivity contribution in [2.24, 2.45) is 0 Å². The molecule has 146 valence electrons. The maximum atomic E-state index is 13.3. The van der Waals surface area contributed by atoms with Gasteiger partial charge in [-0.15, -0.1) is 11.3 Å². The van der Waals surface area contributed by atoms with Crippen LogP contribution in [0.2, 0.25) is 5.02 Å². The van der Waals surface area contributed by atoms with Gasteiger partial charge < -0.3 is 10.3 Å². The number of nitrogens with one attached hydrogen (secondary N) is 2. The molecule has 0 atom stereocenters. The van der Waals surface area contributed by atoms with Gasteiger partial charge in [0.05, 0.1) is 11.4 Å². The number of carbonyl (C=O) groups excluding carboxylic acids is 1. The van der Waals surface area contributed by atoms with E-state index in [0.29, 0.717) is 21.0 Å². The molecule has 0 fully saturated rings. The summed E-state index contributed by atoms with van der Waals surface area (Å²) in [5, 5.41) is 6.40. The summed E-state index contributed by atoms with van der Waals surface area (Å²) in [4.78, 5) is 24.2. The predicted molar refractivity (Wildman–Crippen MR) is 116 cm³/mol. The highest BCUT2D eigenvalue weighted by Crippen LogP contribution is 2.33. The topological polar surface area (TPSA) is 70.7 Å². The normalized spacial score (nSPS) is 10.8. The van der Waals surface area contributed by atoms with Crippen molar-refractivity contribution >= 4 is 45.7 Å². The zero-order chi connectivity index (χ0) is 20.2. The summed E-state index contributed by atoms with van der Waals surface area (Å²) >= 11 is 8.67. The van der Waals surface area contributed by atoms with Gasteiger partial charge in [-0.25, -0.2) is 14.4 Å². The molecule has 4 rings (SSSR count). The van der Waals surface area contributed by atoms with Crippen LogP contribution >= 0.6 is 34.7 Å². The smallest absolute Gasteiger partial charge is 0.236 e. The Balaban J connectivity index is 1.60. The molecule has 2 aromatic carbocycles. The molecular weight excluding hydrogens is 431 g/mol. The molecule has 1 amide bonds. The van der Waals surface area contributed by atoms with Crippen molar-refractivity contribution in [2.45, 2.75) is 5.03 Å². The number of benzene rings is 2. The highest BCUT2D eigenvalue weighted by atomic mass is 35.5. The second-order valence-corrected chi connectivity index (χ2v) is 8.25. The van der Waals surface area contributed by atoms with Crippen LogP contribution in [-0.4, -0.2) is 26.6 Å². The molecule has 0 aliphatic heterocycles. The molecule has 0 aliphatic carbocycles. The minimum absolute atomic E-state index is 0.168. The summed E-state index contributed by atoms with van der Waals surface area (Å²) in [6, 6.07) is 13.4. The SMILES string of the molecule is O=C(CSc1nc(-c2ccc(F)cc2)[nH]c1-c1ccc(Cl)cc1)Nc1nccs1. The third-order valence-corrected chi connectivity index (χ3v) is 5.86. The van der Waals surface area contributed by atoms with E-state index in [-0.39, 0.29) is 17.5 Å². The lowest BCUT2D eigenvalue weighted by Gasteiger charge is -2.03. The van der Waals surface area contributed by atoms with E-state index in [0.717, 1.165) is 16.8 Å². The van der Waals surface area contributed by atoms with Crippen molar-refractivity contribution in [2.75, 3.05) is 11.1 Å². The van der Waals surface area contributed by atoms with Crippen LogP contribution in [0.15, 0.2) is 65.1 Å². The van der Waals surface area contributed by atoms with Crippen LogP contribution < -0.4 is 5.32 Å². The van der Waals surface area contributed by atoms with Gasteiger partial charge in [-0.3, -0.25) is 4.79 Å². The molecule has 0 spiro atoms. The second-order valence-electron chi connectivity index (χ2n) is 5.95. The number of hydrogen-bond donors (Lipinski definition) is 2. The van der Waals surface area contributed by atoms with Crippen molar-refractivity contribution in [1.82, 2.24) is 15.0 Å². The Kier molecular flexibility index (Phi) is 5.94. The van der Waals surface area contributed by atoms with Crippen molar-refractivity contribution in [3.05, 3.63) is 70.9 Å². The second kappa shape index (κ2) is 8.77.